The molecule has 0 unspecified atom stereocenters. The second kappa shape index (κ2) is 6.14. The highest BCUT2D eigenvalue weighted by Gasteiger charge is 2.16. The normalized spacial score (nSPS) is 11.4. The zero-order valence-electron chi connectivity index (χ0n) is 12.8. The van der Waals surface area contributed by atoms with Gasteiger partial charge in [0, 0.05) is 22.1 Å². The molecule has 4 nitrogen and oxygen atoms in total. The zero-order chi connectivity index (χ0) is 16.4. The Labute approximate surface area is 139 Å². The maximum absolute atomic E-state index is 12.5. The van der Waals surface area contributed by atoms with Crippen molar-refractivity contribution in [1.82, 2.24) is 4.98 Å². The van der Waals surface area contributed by atoms with Crippen molar-refractivity contribution >= 4 is 27.0 Å². The summed E-state index contributed by atoms with van der Waals surface area (Å²) < 4.78 is 27.6. The van der Waals surface area contributed by atoms with Gasteiger partial charge in [0.05, 0.1) is 5.69 Å². The Morgan fingerprint density at radius 3 is 2.57 bits per heavy atom. The highest BCUT2D eigenvalue weighted by molar-refractivity contribution is 7.92. The van der Waals surface area contributed by atoms with E-state index in [1.165, 1.54) is 17.1 Å². The van der Waals surface area contributed by atoms with Crippen molar-refractivity contribution in [2.45, 2.75) is 18.7 Å². The van der Waals surface area contributed by atoms with E-state index in [0.29, 0.717) is 5.69 Å². The molecular weight excluding hydrogens is 328 g/mol. The van der Waals surface area contributed by atoms with Crippen molar-refractivity contribution in [3.05, 3.63) is 65.3 Å². The Balaban J connectivity index is 1.97. The lowest BCUT2D eigenvalue weighted by Gasteiger charge is -2.11. The van der Waals surface area contributed by atoms with E-state index in [1.54, 1.807) is 23.6 Å². The highest BCUT2D eigenvalue weighted by atomic mass is 32.2. The van der Waals surface area contributed by atoms with Gasteiger partial charge >= 0.3 is 0 Å². The number of hydrogen-bond acceptors (Lipinski definition) is 4. The second-order valence-electron chi connectivity index (χ2n) is 5.23. The fraction of sp³-hybridized carbons (Fsp3) is 0.118. The molecule has 3 rings (SSSR count). The first-order chi connectivity index (χ1) is 11.0. The first-order valence-corrected chi connectivity index (χ1v) is 9.36. The number of nitrogens with one attached hydrogen (secondary N) is 1. The van der Waals surface area contributed by atoms with Crippen molar-refractivity contribution in [3.63, 3.8) is 0 Å². The summed E-state index contributed by atoms with van der Waals surface area (Å²) in [5, 5.41) is 0. The topological polar surface area (TPSA) is 59.1 Å². The van der Waals surface area contributed by atoms with Gasteiger partial charge in [-0.25, -0.2) is 8.42 Å². The predicted molar refractivity (Wildman–Crippen MR) is 94.3 cm³/mol. The van der Waals surface area contributed by atoms with Gasteiger partial charge in [-0.15, -0.1) is 11.3 Å². The molecule has 0 aliphatic rings. The Kier molecular flexibility index (Phi) is 4.19. The van der Waals surface area contributed by atoms with Crippen LogP contribution in [0.15, 0.2) is 59.8 Å². The molecule has 3 aromatic rings. The van der Waals surface area contributed by atoms with Gasteiger partial charge in [-0.05, 0) is 55.3 Å². The second-order valence-corrected chi connectivity index (χ2v) is 8.20. The van der Waals surface area contributed by atoms with Gasteiger partial charge in [0.1, 0.15) is 4.90 Å². The third-order valence-electron chi connectivity index (χ3n) is 3.45. The Morgan fingerprint density at radius 1 is 1.09 bits per heavy atom. The quantitative estimate of drug-likeness (QED) is 0.770. The lowest BCUT2D eigenvalue weighted by molar-refractivity contribution is 0.601. The summed E-state index contributed by atoms with van der Waals surface area (Å²) in [6.45, 7) is 3.93. The fourth-order valence-corrected chi connectivity index (χ4v) is 4.13. The molecule has 1 aromatic carbocycles. The number of aryl methyl sites for hydroxylation is 2. The summed E-state index contributed by atoms with van der Waals surface area (Å²) in [5.41, 5.74) is 2.45. The number of hydrogen-bond donors (Lipinski definition) is 1. The van der Waals surface area contributed by atoms with Crippen LogP contribution in [-0.2, 0) is 10.0 Å². The van der Waals surface area contributed by atoms with E-state index in [9.17, 15) is 8.42 Å². The van der Waals surface area contributed by atoms with E-state index in [2.05, 4.69) is 15.8 Å². The summed E-state index contributed by atoms with van der Waals surface area (Å²) in [4.78, 5) is 6.35. The first kappa shape index (κ1) is 15.7. The fourth-order valence-electron chi connectivity index (χ4n) is 2.18. The molecule has 0 fully saturated rings. The third kappa shape index (κ3) is 3.43. The van der Waals surface area contributed by atoms with Crippen LogP contribution >= 0.6 is 11.3 Å². The number of nitrogens with zero attached hydrogens (tertiary/aromatic N) is 1. The standard InChI is InChI=1S/C17H16N2O2S2/c1-12-5-7-14(17-8-6-13(2)22-17)10-16(12)19-23(20,21)15-4-3-9-18-11-15/h3-11,19H,1-2H3. The average Bonchev–Trinajstić information content (AvgIpc) is 2.97. The van der Waals surface area contributed by atoms with Gasteiger partial charge in [0.25, 0.3) is 10.0 Å². The number of pyridine rings is 1. The number of sulfonamides is 1. The minimum Gasteiger partial charge on any atom is -0.279 e. The first-order valence-electron chi connectivity index (χ1n) is 7.06. The van der Waals surface area contributed by atoms with Crippen molar-refractivity contribution in [1.29, 1.82) is 0 Å². The Hall–Kier alpha value is -2.18. The van der Waals surface area contributed by atoms with E-state index in [4.69, 9.17) is 0 Å². The highest BCUT2D eigenvalue weighted by Crippen LogP contribution is 2.31. The monoisotopic (exact) mass is 344 g/mol. The minimum absolute atomic E-state index is 0.150. The molecule has 0 bridgehead atoms. The van der Waals surface area contributed by atoms with E-state index >= 15 is 0 Å². The van der Waals surface area contributed by atoms with E-state index in [0.717, 1.165) is 16.0 Å². The van der Waals surface area contributed by atoms with Crippen LogP contribution in [-0.4, -0.2) is 13.4 Å². The lowest BCUT2D eigenvalue weighted by atomic mass is 10.1. The minimum atomic E-state index is -3.64. The van der Waals surface area contributed by atoms with Crippen molar-refractivity contribution < 1.29 is 8.42 Å². The van der Waals surface area contributed by atoms with Gasteiger partial charge in [0.2, 0.25) is 0 Å². The molecule has 2 aromatic heterocycles. The molecule has 6 heteroatoms. The van der Waals surface area contributed by atoms with Crippen LogP contribution in [0.25, 0.3) is 10.4 Å². The summed E-state index contributed by atoms with van der Waals surface area (Å²) in [7, 11) is -3.64. The summed E-state index contributed by atoms with van der Waals surface area (Å²) >= 11 is 1.68. The molecule has 0 aliphatic carbocycles. The summed E-state index contributed by atoms with van der Waals surface area (Å²) in [5.74, 6) is 0. The molecule has 0 saturated heterocycles. The van der Waals surface area contributed by atoms with Gasteiger partial charge in [-0.1, -0.05) is 12.1 Å². The molecular formula is C17H16N2O2S2. The predicted octanol–water partition coefficient (Wildman–Crippen LogP) is 4.23. The summed E-state index contributed by atoms with van der Waals surface area (Å²) in [6.07, 6.45) is 2.88. The lowest BCUT2D eigenvalue weighted by Crippen LogP contribution is -2.14. The van der Waals surface area contributed by atoms with Crippen LogP contribution in [0.3, 0.4) is 0 Å². The molecule has 2 heterocycles. The molecule has 0 saturated carbocycles. The Bertz CT molecular complexity index is 932. The van der Waals surface area contributed by atoms with Gasteiger partial charge in [-0.3, -0.25) is 9.71 Å². The molecule has 0 aliphatic heterocycles. The van der Waals surface area contributed by atoms with E-state index in [-0.39, 0.29) is 4.90 Å². The van der Waals surface area contributed by atoms with Gasteiger partial charge in [0.15, 0.2) is 0 Å². The number of aromatic nitrogens is 1. The summed E-state index contributed by atoms with van der Waals surface area (Å²) in [6, 6.07) is 13.0. The van der Waals surface area contributed by atoms with Crippen molar-refractivity contribution in [2.75, 3.05) is 4.72 Å². The average molecular weight is 344 g/mol. The van der Waals surface area contributed by atoms with Crippen LogP contribution in [0, 0.1) is 13.8 Å². The number of benzene rings is 1. The number of rotatable bonds is 4. The van der Waals surface area contributed by atoms with Crippen LogP contribution in [0.2, 0.25) is 0 Å². The molecule has 1 N–H and O–H groups in total. The maximum Gasteiger partial charge on any atom is 0.263 e. The smallest absolute Gasteiger partial charge is 0.263 e. The molecule has 0 atom stereocenters. The SMILES string of the molecule is Cc1ccc(-c2ccc(C)c(NS(=O)(=O)c3cccnc3)c2)s1. The van der Waals surface area contributed by atoms with E-state index in [1.807, 2.05) is 38.1 Å². The molecule has 118 valence electrons. The maximum atomic E-state index is 12.5. The van der Waals surface area contributed by atoms with Crippen molar-refractivity contribution in [2.24, 2.45) is 0 Å². The van der Waals surface area contributed by atoms with Crippen LogP contribution in [0.4, 0.5) is 5.69 Å². The molecule has 23 heavy (non-hydrogen) atoms. The number of anilines is 1. The van der Waals surface area contributed by atoms with Crippen molar-refractivity contribution in [3.8, 4) is 10.4 Å². The largest absolute Gasteiger partial charge is 0.279 e. The Morgan fingerprint density at radius 2 is 1.91 bits per heavy atom. The molecule has 0 spiro atoms. The van der Waals surface area contributed by atoms with Gasteiger partial charge < -0.3 is 0 Å². The van der Waals surface area contributed by atoms with Gasteiger partial charge in [-0.2, -0.15) is 0 Å². The van der Waals surface area contributed by atoms with Crippen LogP contribution < -0.4 is 4.72 Å². The third-order valence-corrected chi connectivity index (χ3v) is 5.85. The van der Waals surface area contributed by atoms with Crippen LogP contribution in [0.1, 0.15) is 10.4 Å². The molecule has 0 amide bonds. The van der Waals surface area contributed by atoms with E-state index < -0.39 is 10.0 Å². The zero-order valence-corrected chi connectivity index (χ0v) is 14.4. The molecule has 0 radical (unpaired) electrons. The number of thiophene rings is 1. The van der Waals surface area contributed by atoms with Crippen LogP contribution in [0.5, 0.6) is 0 Å².